The van der Waals surface area contributed by atoms with Crippen LogP contribution in [0.5, 0.6) is 0 Å². The highest BCUT2D eigenvalue weighted by Gasteiger charge is 2.15. The molecular weight excluding hydrogens is 401 g/mol. The van der Waals surface area contributed by atoms with E-state index >= 15 is 0 Å². The van der Waals surface area contributed by atoms with Crippen molar-refractivity contribution in [2.24, 2.45) is 0 Å². The molecule has 2 N–H and O–H groups in total. The molecule has 1 atom stereocenters. The maximum Gasteiger partial charge on any atom is 0.303 e. The Morgan fingerprint density at radius 2 is 1.95 bits per heavy atom. The quantitative estimate of drug-likeness (QED) is 0.344. The number of carbonyl (C=O) groups is 2. The Kier molecular flexibility index (Phi) is 9.02. The molecular formula is C15H20INO5. The number of hydrogen-bond donors (Lipinski definition) is 2. The summed E-state index contributed by atoms with van der Waals surface area (Å²) in [5, 5.41) is 11.6. The Hall–Kier alpha value is -1.19. The van der Waals surface area contributed by atoms with Crippen LogP contribution in [0.25, 0.3) is 0 Å². The van der Waals surface area contributed by atoms with E-state index in [4.69, 9.17) is 14.6 Å². The zero-order valence-corrected chi connectivity index (χ0v) is 14.5. The zero-order valence-electron chi connectivity index (χ0n) is 12.4. The minimum Gasteiger partial charge on any atom is -0.481 e. The van der Waals surface area contributed by atoms with Gasteiger partial charge in [0.1, 0.15) is 6.79 Å². The van der Waals surface area contributed by atoms with Crippen molar-refractivity contribution in [2.45, 2.75) is 25.8 Å². The topological polar surface area (TPSA) is 84.9 Å². The highest BCUT2D eigenvalue weighted by molar-refractivity contribution is 14.1. The van der Waals surface area contributed by atoms with Gasteiger partial charge in [0, 0.05) is 22.2 Å². The third-order valence-electron chi connectivity index (χ3n) is 2.84. The second kappa shape index (κ2) is 10.5. The van der Waals surface area contributed by atoms with Gasteiger partial charge < -0.3 is 19.9 Å². The fourth-order valence-corrected chi connectivity index (χ4v) is 2.06. The van der Waals surface area contributed by atoms with Crippen LogP contribution in [-0.4, -0.2) is 43.0 Å². The van der Waals surface area contributed by atoms with Gasteiger partial charge in [0.15, 0.2) is 0 Å². The number of aliphatic carboxylic acids is 1. The van der Waals surface area contributed by atoms with Crippen molar-refractivity contribution in [3.05, 3.63) is 33.4 Å². The lowest BCUT2D eigenvalue weighted by Crippen LogP contribution is -2.38. The molecule has 0 saturated heterocycles. The molecule has 0 aliphatic carbocycles. The van der Waals surface area contributed by atoms with E-state index in [2.05, 4.69) is 27.9 Å². The number of carbonyl (C=O) groups excluding carboxylic acids is 1. The van der Waals surface area contributed by atoms with Gasteiger partial charge in [-0.05, 0) is 60.2 Å². The molecule has 0 aliphatic heterocycles. The standard InChI is InChI=1S/C15H20INO5/c1-2-21-10-22-9-13(7-8-14(18)19)17-15(20)11-3-5-12(16)6-4-11/h3-6,13H,2,7-10H2,1H3,(H,17,20)(H,18,19)/t13-/m0/s1. The van der Waals surface area contributed by atoms with Crippen LogP contribution < -0.4 is 5.32 Å². The van der Waals surface area contributed by atoms with Gasteiger partial charge in [-0.3, -0.25) is 9.59 Å². The Morgan fingerprint density at radius 3 is 2.55 bits per heavy atom. The number of hydrogen-bond acceptors (Lipinski definition) is 4. The molecule has 22 heavy (non-hydrogen) atoms. The SMILES string of the molecule is CCOCOC[C@H](CCC(=O)O)NC(=O)c1ccc(I)cc1. The van der Waals surface area contributed by atoms with Gasteiger partial charge in [0.25, 0.3) is 5.91 Å². The highest BCUT2D eigenvalue weighted by Crippen LogP contribution is 2.08. The van der Waals surface area contributed by atoms with Gasteiger partial charge in [-0.1, -0.05) is 0 Å². The molecule has 0 bridgehead atoms. The summed E-state index contributed by atoms with van der Waals surface area (Å²) in [5.74, 6) is -1.15. The lowest BCUT2D eigenvalue weighted by Gasteiger charge is -2.18. The number of halogens is 1. The first-order valence-corrected chi connectivity index (χ1v) is 8.04. The van der Waals surface area contributed by atoms with Crippen LogP contribution in [-0.2, 0) is 14.3 Å². The molecule has 1 aromatic carbocycles. The first-order chi connectivity index (χ1) is 10.5. The molecule has 7 heteroatoms. The average Bonchev–Trinajstić information content (AvgIpc) is 2.49. The molecule has 0 heterocycles. The first kappa shape index (κ1) is 18.9. The van der Waals surface area contributed by atoms with Gasteiger partial charge in [-0.25, -0.2) is 0 Å². The van der Waals surface area contributed by atoms with E-state index in [0.717, 1.165) is 3.57 Å². The summed E-state index contributed by atoms with van der Waals surface area (Å²) < 4.78 is 11.4. The number of amides is 1. The van der Waals surface area contributed by atoms with Crippen molar-refractivity contribution >= 4 is 34.5 Å². The van der Waals surface area contributed by atoms with E-state index in [-0.39, 0.29) is 31.8 Å². The second-order valence-corrected chi connectivity index (χ2v) is 5.84. The zero-order chi connectivity index (χ0) is 16.4. The van der Waals surface area contributed by atoms with Crippen molar-refractivity contribution < 1.29 is 24.2 Å². The van der Waals surface area contributed by atoms with Crippen molar-refractivity contribution in [3.8, 4) is 0 Å². The first-order valence-electron chi connectivity index (χ1n) is 6.96. The Morgan fingerprint density at radius 1 is 1.27 bits per heavy atom. The van der Waals surface area contributed by atoms with Gasteiger partial charge in [-0.2, -0.15) is 0 Å². The summed E-state index contributed by atoms with van der Waals surface area (Å²) in [4.78, 5) is 22.8. The van der Waals surface area contributed by atoms with E-state index < -0.39 is 5.97 Å². The third kappa shape index (κ3) is 7.71. The number of ether oxygens (including phenoxy) is 2. The molecule has 1 aromatic rings. The monoisotopic (exact) mass is 421 g/mol. The summed E-state index contributed by atoms with van der Waals surface area (Å²) >= 11 is 2.16. The molecule has 0 unspecified atom stereocenters. The van der Waals surface area contributed by atoms with Crippen LogP contribution in [0.3, 0.4) is 0 Å². The van der Waals surface area contributed by atoms with Crippen LogP contribution in [0.15, 0.2) is 24.3 Å². The van der Waals surface area contributed by atoms with E-state index in [0.29, 0.717) is 18.6 Å². The number of nitrogens with one attached hydrogen (secondary N) is 1. The molecule has 1 amide bonds. The molecule has 0 aromatic heterocycles. The van der Waals surface area contributed by atoms with Crippen molar-refractivity contribution in [1.82, 2.24) is 5.32 Å². The van der Waals surface area contributed by atoms with E-state index in [9.17, 15) is 9.59 Å². The molecule has 0 fully saturated rings. The lowest BCUT2D eigenvalue weighted by molar-refractivity contribution is -0.137. The summed E-state index contributed by atoms with van der Waals surface area (Å²) in [7, 11) is 0. The molecule has 0 aliphatic rings. The third-order valence-corrected chi connectivity index (χ3v) is 3.56. The predicted molar refractivity (Wildman–Crippen MR) is 89.7 cm³/mol. The highest BCUT2D eigenvalue weighted by atomic mass is 127. The van der Waals surface area contributed by atoms with Gasteiger partial charge in [0.05, 0.1) is 12.6 Å². The Bertz CT molecular complexity index is 477. The lowest BCUT2D eigenvalue weighted by atomic mass is 10.1. The smallest absolute Gasteiger partial charge is 0.303 e. The van der Waals surface area contributed by atoms with Crippen LogP contribution in [0.2, 0.25) is 0 Å². The van der Waals surface area contributed by atoms with E-state index in [1.807, 2.05) is 19.1 Å². The van der Waals surface area contributed by atoms with Crippen molar-refractivity contribution in [2.75, 3.05) is 20.0 Å². The van der Waals surface area contributed by atoms with Gasteiger partial charge >= 0.3 is 5.97 Å². The van der Waals surface area contributed by atoms with Gasteiger partial charge in [-0.15, -0.1) is 0 Å². The fraction of sp³-hybridized carbons (Fsp3) is 0.467. The number of carboxylic acids is 1. The second-order valence-electron chi connectivity index (χ2n) is 4.59. The number of benzene rings is 1. The fourth-order valence-electron chi connectivity index (χ4n) is 1.70. The van der Waals surface area contributed by atoms with Crippen molar-refractivity contribution in [1.29, 1.82) is 0 Å². The Balaban J connectivity index is 2.55. The number of rotatable bonds is 10. The largest absolute Gasteiger partial charge is 0.481 e. The summed E-state index contributed by atoms with van der Waals surface area (Å²) in [6, 6.07) is 6.77. The minimum absolute atomic E-state index is 0.0321. The summed E-state index contributed by atoms with van der Waals surface area (Å²) in [6.45, 7) is 2.72. The molecule has 0 saturated carbocycles. The average molecular weight is 421 g/mol. The van der Waals surface area contributed by atoms with Crippen LogP contribution in [0, 0.1) is 3.57 Å². The Labute approximate surface area is 143 Å². The van der Waals surface area contributed by atoms with Crippen molar-refractivity contribution in [3.63, 3.8) is 0 Å². The maximum atomic E-state index is 12.2. The van der Waals surface area contributed by atoms with Crippen LogP contribution in [0.1, 0.15) is 30.1 Å². The van der Waals surface area contributed by atoms with Crippen LogP contribution >= 0.6 is 22.6 Å². The maximum absolute atomic E-state index is 12.2. The molecule has 0 radical (unpaired) electrons. The van der Waals surface area contributed by atoms with E-state index in [1.54, 1.807) is 12.1 Å². The molecule has 0 spiro atoms. The normalized spacial score (nSPS) is 11.9. The molecule has 1 rings (SSSR count). The minimum atomic E-state index is -0.904. The number of carboxylic acid groups (broad SMARTS) is 1. The molecule has 122 valence electrons. The predicted octanol–water partition coefficient (Wildman–Crippen LogP) is 2.26. The van der Waals surface area contributed by atoms with E-state index in [1.165, 1.54) is 0 Å². The van der Waals surface area contributed by atoms with Gasteiger partial charge in [0.2, 0.25) is 0 Å². The van der Waals surface area contributed by atoms with Crippen LogP contribution in [0.4, 0.5) is 0 Å². The summed E-state index contributed by atoms with van der Waals surface area (Å²) in [5.41, 5.74) is 0.533. The molecule has 6 nitrogen and oxygen atoms in total. The summed E-state index contributed by atoms with van der Waals surface area (Å²) in [6.07, 6.45) is 0.271.